The molecule has 1 aromatic carbocycles. The quantitative estimate of drug-likeness (QED) is 0.813. The van der Waals surface area contributed by atoms with Crippen molar-refractivity contribution in [1.29, 1.82) is 0 Å². The van der Waals surface area contributed by atoms with Gasteiger partial charge < -0.3 is 9.84 Å². The van der Waals surface area contributed by atoms with Crippen LogP contribution < -0.4 is 10.1 Å². The summed E-state index contributed by atoms with van der Waals surface area (Å²) in [5.74, 6) is -0.161. The van der Waals surface area contributed by atoms with Gasteiger partial charge in [0.05, 0.1) is 0 Å². The van der Waals surface area contributed by atoms with E-state index in [0.29, 0.717) is 0 Å². The van der Waals surface area contributed by atoms with Crippen molar-refractivity contribution in [3.05, 3.63) is 29.3 Å². The summed E-state index contributed by atoms with van der Waals surface area (Å²) in [5, 5.41) is 12.0. The molecule has 0 fully saturated rings. The minimum absolute atomic E-state index is 0.105. The lowest BCUT2D eigenvalue weighted by atomic mass is 10.1. The molecule has 2 N–H and O–H groups in total. The maximum Gasteiger partial charge on any atom is 0.324 e. The number of carboxylic acid groups (broad SMARTS) is 1. The highest BCUT2D eigenvalue weighted by atomic mass is 16.5. The first-order chi connectivity index (χ1) is 8.40. The summed E-state index contributed by atoms with van der Waals surface area (Å²) in [6.45, 7) is 7.91. The summed E-state index contributed by atoms with van der Waals surface area (Å²) >= 11 is 0. The van der Waals surface area contributed by atoms with Crippen LogP contribution in [0.4, 0.5) is 0 Å². The van der Waals surface area contributed by atoms with Crippen LogP contribution in [0.5, 0.6) is 5.75 Å². The Hall–Kier alpha value is -1.55. The zero-order valence-electron chi connectivity index (χ0n) is 11.4. The highest BCUT2D eigenvalue weighted by molar-refractivity contribution is 5.73. The summed E-state index contributed by atoms with van der Waals surface area (Å²) in [6, 6.07) is 5.26. The van der Waals surface area contributed by atoms with Gasteiger partial charge >= 0.3 is 5.97 Å². The third kappa shape index (κ3) is 4.37. The maximum atomic E-state index is 11.1. The van der Waals surface area contributed by atoms with Crippen LogP contribution in [0, 0.1) is 13.8 Å². The van der Waals surface area contributed by atoms with E-state index >= 15 is 0 Å². The molecule has 0 bridgehead atoms. The predicted molar refractivity (Wildman–Crippen MR) is 71.1 cm³/mol. The highest BCUT2D eigenvalue weighted by Crippen LogP contribution is 2.18. The Morgan fingerprint density at radius 2 is 2.06 bits per heavy atom. The molecular weight excluding hydrogens is 230 g/mol. The van der Waals surface area contributed by atoms with E-state index in [4.69, 9.17) is 9.84 Å². The molecule has 1 unspecified atom stereocenters. The second-order valence-electron chi connectivity index (χ2n) is 4.79. The van der Waals surface area contributed by atoms with E-state index in [1.807, 2.05) is 45.9 Å². The predicted octanol–water partition coefficient (Wildman–Crippen LogP) is 2.13. The Balaban J connectivity index is 2.64. The van der Waals surface area contributed by atoms with E-state index in [1.54, 1.807) is 0 Å². The van der Waals surface area contributed by atoms with E-state index in [-0.39, 0.29) is 12.6 Å². The molecular formula is C14H21NO3. The molecule has 0 spiro atoms. The van der Waals surface area contributed by atoms with Gasteiger partial charge in [-0.15, -0.1) is 0 Å². The van der Waals surface area contributed by atoms with Crippen LogP contribution in [0.15, 0.2) is 18.2 Å². The van der Waals surface area contributed by atoms with Gasteiger partial charge in [-0.25, -0.2) is 0 Å². The lowest BCUT2D eigenvalue weighted by Crippen LogP contribution is -2.44. The van der Waals surface area contributed by atoms with E-state index in [9.17, 15) is 4.79 Å². The molecule has 0 saturated heterocycles. The third-order valence-corrected chi connectivity index (χ3v) is 2.57. The maximum absolute atomic E-state index is 11.1. The third-order valence-electron chi connectivity index (χ3n) is 2.57. The Bertz CT molecular complexity index is 416. The van der Waals surface area contributed by atoms with Crippen molar-refractivity contribution in [1.82, 2.24) is 5.32 Å². The van der Waals surface area contributed by atoms with Crippen molar-refractivity contribution in [2.75, 3.05) is 6.61 Å². The summed E-state index contributed by atoms with van der Waals surface area (Å²) in [4.78, 5) is 11.1. The second-order valence-corrected chi connectivity index (χ2v) is 4.79. The lowest BCUT2D eigenvalue weighted by Gasteiger charge is -2.18. The number of hydrogen-bond acceptors (Lipinski definition) is 3. The molecule has 4 heteroatoms. The van der Waals surface area contributed by atoms with Crippen LogP contribution in [-0.4, -0.2) is 29.8 Å². The number of ether oxygens (including phenoxy) is 1. The minimum atomic E-state index is -0.895. The molecule has 100 valence electrons. The lowest BCUT2D eigenvalue weighted by molar-refractivity contribution is -0.140. The zero-order chi connectivity index (χ0) is 13.7. The van der Waals surface area contributed by atoms with Crippen molar-refractivity contribution in [2.45, 2.75) is 39.8 Å². The minimum Gasteiger partial charge on any atom is -0.491 e. The van der Waals surface area contributed by atoms with Gasteiger partial charge in [0.25, 0.3) is 0 Å². The van der Waals surface area contributed by atoms with Crippen LogP contribution in [0.3, 0.4) is 0 Å². The first-order valence-electron chi connectivity index (χ1n) is 6.09. The molecule has 4 nitrogen and oxygen atoms in total. The van der Waals surface area contributed by atoms with Crippen LogP contribution in [-0.2, 0) is 4.79 Å². The SMILES string of the molecule is Cc1ccc(OCC(NC(C)C)C(=O)O)c(C)c1. The van der Waals surface area contributed by atoms with Gasteiger partial charge in [-0.2, -0.15) is 0 Å². The smallest absolute Gasteiger partial charge is 0.324 e. The Morgan fingerprint density at radius 1 is 1.39 bits per heavy atom. The fraction of sp³-hybridized carbons (Fsp3) is 0.500. The number of aryl methyl sites for hydroxylation is 2. The molecule has 0 aliphatic carbocycles. The van der Waals surface area contributed by atoms with E-state index in [1.165, 1.54) is 0 Å². The summed E-state index contributed by atoms with van der Waals surface area (Å²) in [6.07, 6.45) is 0. The first-order valence-corrected chi connectivity index (χ1v) is 6.09. The molecule has 18 heavy (non-hydrogen) atoms. The van der Waals surface area contributed by atoms with Gasteiger partial charge in [-0.3, -0.25) is 10.1 Å². The number of hydrogen-bond donors (Lipinski definition) is 2. The van der Waals surface area contributed by atoms with Gasteiger partial charge in [-0.1, -0.05) is 31.5 Å². The number of nitrogens with one attached hydrogen (secondary N) is 1. The number of benzene rings is 1. The molecule has 1 atom stereocenters. The van der Waals surface area contributed by atoms with Crippen molar-refractivity contribution in [3.8, 4) is 5.75 Å². The van der Waals surface area contributed by atoms with Crippen LogP contribution >= 0.6 is 0 Å². The molecule has 0 aliphatic heterocycles. The van der Waals surface area contributed by atoms with Crippen molar-refractivity contribution < 1.29 is 14.6 Å². The highest BCUT2D eigenvalue weighted by Gasteiger charge is 2.19. The molecule has 0 saturated carbocycles. The number of aliphatic carboxylic acids is 1. The monoisotopic (exact) mass is 251 g/mol. The molecule has 0 heterocycles. The Morgan fingerprint density at radius 3 is 2.56 bits per heavy atom. The van der Waals surface area contributed by atoms with Crippen molar-refractivity contribution in [2.24, 2.45) is 0 Å². The standard InChI is InChI=1S/C14H21NO3/c1-9(2)15-12(14(16)17)8-18-13-6-5-10(3)7-11(13)4/h5-7,9,12,15H,8H2,1-4H3,(H,16,17). The summed E-state index contributed by atoms with van der Waals surface area (Å²) in [7, 11) is 0. The average Bonchev–Trinajstić information content (AvgIpc) is 2.25. The molecule has 0 amide bonds. The summed E-state index contributed by atoms with van der Waals surface area (Å²) in [5.41, 5.74) is 2.18. The Labute approximate surface area is 108 Å². The Kier molecular flexibility index (Phi) is 5.16. The molecule has 0 radical (unpaired) electrons. The van der Waals surface area contributed by atoms with Gasteiger partial charge in [-0.05, 0) is 25.5 Å². The number of carboxylic acids is 1. The van der Waals surface area contributed by atoms with Crippen LogP contribution in [0.2, 0.25) is 0 Å². The molecule has 0 aromatic heterocycles. The number of carbonyl (C=O) groups is 1. The normalized spacial score (nSPS) is 12.5. The molecule has 1 rings (SSSR count). The van der Waals surface area contributed by atoms with Crippen molar-refractivity contribution >= 4 is 5.97 Å². The summed E-state index contributed by atoms with van der Waals surface area (Å²) < 4.78 is 5.57. The zero-order valence-corrected chi connectivity index (χ0v) is 11.4. The van der Waals surface area contributed by atoms with E-state index < -0.39 is 12.0 Å². The van der Waals surface area contributed by atoms with Gasteiger partial charge in [0, 0.05) is 6.04 Å². The van der Waals surface area contributed by atoms with Gasteiger partial charge in [0.15, 0.2) is 0 Å². The van der Waals surface area contributed by atoms with Gasteiger partial charge in [0.2, 0.25) is 0 Å². The molecule has 1 aromatic rings. The fourth-order valence-electron chi connectivity index (χ4n) is 1.73. The topological polar surface area (TPSA) is 58.6 Å². The first kappa shape index (κ1) is 14.5. The fourth-order valence-corrected chi connectivity index (χ4v) is 1.73. The van der Waals surface area contributed by atoms with Crippen LogP contribution in [0.1, 0.15) is 25.0 Å². The van der Waals surface area contributed by atoms with Crippen molar-refractivity contribution in [3.63, 3.8) is 0 Å². The van der Waals surface area contributed by atoms with Crippen LogP contribution in [0.25, 0.3) is 0 Å². The number of rotatable bonds is 6. The van der Waals surface area contributed by atoms with E-state index in [2.05, 4.69) is 5.32 Å². The second kappa shape index (κ2) is 6.40. The van der Waals surface area contributed by atoms with Gasteiger partial charge in [0.1, 0.15) is 18.4 Å². The average molecular weight is 251 g/mol. The largest absolute Gasteiger partial charge is 0.491 e. The van der Waals surface area contributed by atoms with E-state index in [0.717, 1.165) is 16.9 Å². The molecule has 0 aliphatic rings.